The number of hydrogen-bond acceptors (Lipinski definition) is 2. The van der Waals surface area contributed by atoms with Gasteiger partial charge in [0.15, 0.2) is 0 Å². The Kier molecular flexibility index (Phi) is 3.67. The van der Waals surface area contributed by atoms with Crippen molar-refractivity contribution in [3.05, 3.63) is 36.0 Å². The summed E-state index contributed by atoms with van der Waals surface area (Å²) in [6, 6.07) is 9.87. The zero-order chi connectivity index (χ0) is 13.1. The van der Waals surface area contributed by atoms with Gasteiger partial charge in [-0.1, -0.05) is 18.2 Å². The molecule has 0 aliphatic rings. The van der Waals surface area contributed by atoms with Crippen LogP contribution in [0.15, 0.2) is 30.3 Å². The van der Waals surface area contributed by atoms with Crippen LogP contribution >= 0.6 is 0 Å². The predicted molar refractivity (Wildman–Crippen MR) is 71.7 cm³/mol. The smallest absolute Gasteiger partial charge is 0.270 e. The molecule has 0 spiro atoms. The number of aromatic nitrogens is 1. The molecule has 1 amide bonds. The van der Waals surface area contributed by atoms with Crippen molar-refractivity contribution in [3.63, 3.8) is 0 Å². The zero-order valence-electron chi connectivity index (χ0n) is 10.8. The molecule has 96 valence electrons. The molecule has 0 unspecified atom stereocenters. The SMILES string of the molecule is CCn1c(C(=O)N(C)CCO)cc2ccccc21. The molecule has 1 aromatic heterocycles. The average molecular weight is 246 g/mol. The number of rotatable bonds is 4. The third-order valence-electron chi connectivity index (χ3n) is 3.13. The number of amides is 1. The fourth-order valence-electron chi connectivity index (χ4n) is 2.18. The summed E-state index contributed by atoms with van der Waals surface area (Å²) in [5, 5.41) is 9.97. The number of carbonyl (C=O) groups is 1. The molecule has 1 heterocycles. The van der Waals surface area contributed by atoms with Crippen LogP contribution in [0.4, 0.5) is 0 Å². The number of carbonyl (C=O) groups excluding carboxylic acids is 1. The van der Waals surface area contributed by atoms with Gasteiger partial charge in [-0.05, 0) is 19.1 Å². The fraction of sp³-hybridized carbons (Fsp3) is 0.357. The van der Waals surface area contributed by atoms with Crippen LogP contribution in [0.1, 0.15) is 17.4 Å². The number of fused-ring (bicyclic) bond motifs is 1. The van der Waals surface area contributed by atoms with Crippen LogP contribution in [0.25, 0.3) is 10.9 Å². The number of nitrogens with zero attached hydrogens (tertiary/aromatic N) is 2. The van der Waals surface area contributed by atoms with E-state index >= 15 is 0 Å². The molecule has 2 aromatic rings. The molecule has 0 saturated carbocycles. The van der Waals surface area contributed by atoms with E-state index in [0.717, 1.165) is 17.4 Å². The molecule has 0 aliphatic carbocycles. The first-order valence-electron chi connectivity index (χ1n) is 6.13. The summed E-state index contributed by atoms with van der Waals surface area (Å²) >= 11 is 0. The van der Waals surface area contributed by atoms with E-state index in [4.69, 9.17) is 5.11 Å². The van der Waals surface area contributed by atoms with Gasteiger partial charge in [0, 0.05) is 31.0 Å². The number of aryl methyl sites for hydroxylation is 1. The van der Waals surface area contributed by atoms with Crippen LogP contribution in [-0.4, -0.2) is 40.7 Å². The highest BCUT2D eigenvalue weighted by molar-refractivity contribution is 5.98. The summed E-state index contributed by atoms with van der Waals surface area (Å²) in [5.41, 5.74) is 1.75. The maximum Gasteiger partial charge on any atom is 0.270 e. The number of likely N-dealkylation sites (N-methyl/N-ethyl adjacent to an activating group) is 1. The van der Waals surface area contributed by atoms with Crippen LogP contribution < -0.4 is 0 Å². The fourth-order valence-corrected chi connectivity index (χ4v) is 2.18. The summed E-state index contributed by atoms with van der Waals surface area (Å²) in [7, 11) is 1.70. The standard InChI is InChI=1S/C14H18N2O2/c1-3-16-12-7-5-4-6-11(12)10-13(16)14(18)15(2)8-9-17/h4-7,10,17H,3,8-9H2,1-2H3. The van der Waals surface area contributed by atoms with E-state index in [2.05, 4.69) is 0 Å². The Morgan fingerprint density at radius 2 is 2.11 bits per heavy atom. The Morgan fingerprint density at radius 3 is 2.78 bits per heavy atom. The Balaban J connectivity index is 2.47. The number of aliphatic hydroxyl groups is 1. The van der Waals surface area contributed by atoms with Crippen LogP contribution in [0, 0.1) is 0 Å². The molecule has 2 rings (SSSR count). The first-order valence-corrected chi connectivity index (χ1v) is 6.13. The maximum atomic E-state index is 12.3. The lowest BCUT2D eigenvalue weighted by Crippen LogP contribution is -2.31. The van der Waals surface area contributed by atoms with Crippen molar-refractivity contribution >= 4 is 16.8 Å². The summed E-state index contributed by atoms with van der Waals surface area (Å²) in [5.74, 6) is -0.0536. The minimum atomic E-state index is -0.0536. The van der Waals surface area contributed by atoms with Gasteiger partial charge in [0.25, 0.3) is 5.91 Å². The predicted octanol–water partition coefficient (Wildman–Crippen LogP) is 1.73. The van der Waals surface area contributed by atoms with Gasteiger partial charge in [-0.3, -0.25) is 4.79 Å². The van der Waals surface area contributed by atoms with Gasteiger partial charge in [0.2, 0.25) is 0 Å². The van der Waals surface area contributed by atoms with E-state index in [1.165, 1.54) is 0 Å². The molecule has 1 N–H and O–H groups in total. The zero-order valence-corrected chi connectivity index (χ0v) is 10.8. The second kappa shape index (κ2) is 5.23. The molecule has 4 heteroatoms. The number of aliphatic hydroxyl groups excluding tert-OH is 1. The highest BCUT2D eigenvalue weighted by Gasteiger charge is 2.17. The highest BCUT2D eigenvalue weighted by atomic mass is 16.3. The lowest BCUT2D eigenvalue weighted by molar-refractivity contribution is 0.0757. The third-order valence-corrected chi connectivity index (χ3v) is 3.13. The van der Waals surface area contributed by atoms with Gasteiger partial charge >= 0.3 is 0 Å². The monoisotopic (exact) mass is 246 g/mol. The molecule has 0 aliphatic heterocycles. The molecule has 0 bridgehead atoms. The van der Waals surface area contributed by atoms with Gasteiger partial charge in [-0.15, -0.1) is 0 Å². The maximum absolute atomic E-state index is 12.3. The molecule has 4 nitrogen and oxygen atoms in total. The summed E-state index contributed by atoms with van der Waals surface area (Å²) in [4.78, 5) is 13.8. The minimum Gasteiger partial charge on any atom is -0.395 e. The van der Waals surface area contributed by atoms with Crippen molar-refractivity contribution in [2.45, 2.75) is 13.5 Å². The Bertz CT molecular complexity index is 560. The van der Waals surface area contributed by atoms with E-state index < -0.39 is 0 Å². The molecule has 0 saturated heterocycles. The van der Waals surface area contributed by atoms with E-state index in [9.17, 15) is 4.79 Å². The largest absolute Gasteiger partial charge is 0.395 e. The van der Waals surface area contributed by atoms with E-state index in [-0.39, 0.29) is 12.5 Å². The van der Waals surface area contributed by atoms with E-state index in [1.807, 2.05) is 41.8 Å². The Hall–Kier alpha value is -1.81. The quantitative estimate of drug-likeness (QED) is 0.893. The molecule has 0 atom stereocenters. The van der Waals surface area contributed by atoms with Gasteiger partial charge in [-0.25, -0.2) is 0 Å². The molecular formula is C14H18N2O2. The van der Waals surface area contributed by atoms with Crippen molar-refractivity contribution in [2.75, 3.05) is 20.2 Å². The van der Waals surface area contributed by atoms with Gasteiger partial charge in [0.05, 0.1) is 6.61 Å². The van der Waals surface area contributed by atoms with Crippen molar-refractivity contribution in [1.82, 2.24) is 9.47 Å². The summed E-state index contributed by atoms with van der Waals surface area (Å²) < 4.78 is 2.01. The van der Waals surface area contributed by atoms with Crippen molar-refractivity contribution in [1.29, 1.82) is 0 Å². The lowest BCUT2D eigenvalue weighted by Gasteiger charge is -2.16. The van der Waals surface area contributed by atoms with E-state index in [1.54, 1.807) is 11.9 Å². The van der Waals surface area contributed by atoms with Crippen LogP contribution in [0.2, 0.25) is 0 Å². The first-order chi connectivity index (χ1) is 8.69. The molecule has 0 radical (unpaired) electrons. The summed E-state index contributed by atoms with van der Waals surface area (Å²) in [6.07, 6.45) is 0. The molecule has 1 aromatic carbocycles. The third kappa shape index (κ3) is 2.11. The van der Waals surface area contributed by atoms with Crippen LogP contribution in [0.5, 0.6) is 0 Å². The normalized spacial score (nSPS) is 10.8. The molecular weight excluding hydrogens is 228 g/mol. The molecule has 18 heavy (non-hydrogen) atoms. The van der Waals surface area contributed by atoms with Crippen LogP contribution in [0.3, 0.4) is 0 Å². The van der Waals surface area contributed by atoms with Crippen molar-refractivity contribution in [3.8, 4) is 0 Å². The Labute approximate surface area is 106 Å². The number of benzene rings is 1. The van der Waals surface area contributed by atoms with E-state index in [0.29, 0.717) is 12.2 Å². The summed E-state index contributed by atoms with van der Waals surface area (Å²) in [6.45, 7) is 3.11. The van der Waals surface area contributed by atoms with Gasteiger partial charge in [-0.2, -0.15) is 0 Å². The van der Waals surface area contributed by atoms with Crippen molar-refractivity contribution in [2.24, 2.45) is 0 Å². The number of hydrogen-bond donors (Lipinski definition) is 1. The average Bonchev–Trinajstić information content (AvgIpc) is 2.76. The Morgan fingerprint density at radius 1 is 1.39 bits per heavy atom. The second-order valence-electron chi connectivity index (χ2n) is 4.28. The topological polar surface area (TPSA) is 45.5 Å². The van der Waals surface area contributed by atoms with Gasteiger partial charge in [0.1, 0.15) is 5.69 Å². The van der Waals surface area contributed by atoms with Crippen LogP contribution in [-0.2, 0) is 6.54 Å². The number of para-hydroxylation sites is 1. The lowest BCUT2D eigenvalue weighted by atomic mass is 10.2. The van der Waals surface area contributed by atoms with Gasteiger partial charge < -0.3 is 14.6 Å². The second-order valence-corrected chi connectivity index (χ2v) is 4.28. The highest BCUT2D eigenvalue weighted by Crippen LogP contribution is 2.20. The minimum absolute atomic E-state index is 0.0193. The first kappa shape index (κ1) is 12.6. The molecule has 0 fully saturated rings. The van der Waals surface area contributed by atoms with Crippen molar-refractivity contribution < 1.29 is 9.90 Å².